The Kier molecular flexibility index (Phi) is 8.41. The van der Waals surface area contributed by atoms with Crippen LogP contribution in [0.3, 0.4) is 0 Å². The van der Waals surface area contributed by atoms with Gasteiger partial charge in [-0.05, 0) is 36.6 Å². The van der Waals surface area contributed by atoms with Crippen molar-refractivity contribution in [2.45, 2.75) is 19.8 Å². The SMILES string of the molecule is CCOC(=O)c1c(-c2ccc(Cl)cc2)csc1NC(=O)COC(=O)CCc1ccccc1. The predicted octanol–water partition coefficient (Wildman–Crippen LogP) is 5.36. The summed E-state index contributed by atoms with van der Waals surface area (Å²) in [5, 5.41) is 5.32. The number of nitrogens with one attached hydrogen (secondary N) is 1. The highest BCUT2D eigenvalue weighted by Crippen LogP contribution is 2.36. The molecule has 0 atom stereocenters. The van der Waals surface area contributed by atoms with Gasteiger partial charge in [0.05, 0.1) is 6.61 Å². The Morgan fingerprint density at radius 2 is 1.72 bits per heavy atom. The van der Waals surface area contributed by atoms with E-state index in [1.807, 2.05) is 30.3 Å². The molecule has 3 rings (SSSR count). The number of anilines is 1. The molecule has 0 unspecified atom stereocenters. The van der Waals surface area contributed by atoms with Gasteiger partial charge in [-0.15, -0.1) is 11.3 Å². The molecule has 1 amide bonds. The molecule has 8 heteroatoms. The molecule has 0 fully saturated rings. The fourth-order valence-corrected chi connectivity index (χ4v) is 4.07. The van der Waals surface area contributed by atoms with E-state index in [-0.39, 0.29) is 18.6 Å². The molecular weight excluding hydrogens is 450 g/mol. The van der Waals surface area contributed by atoms with E-state index in [9.17, 15) is 14.4 Å². The first-order valence-electron chi connectivity index (χ1n) is 10.0. The third-order valence-electron chi connectivity index (χ3n) is 4.50. The van der Waals surface area contributed by atoms with E-state index in [2.05, 4.69) is 5.32 Å². The Balaban J connectivity index is 1.64. The van der Waals surface area contributed by atoms with Gasteiger partial charge in [-0.3, -0.25) is 9.59 Å². The number of thiophene rings is 1. The van der Waals surface area contributed by atoms with Crippen molar-refractivity contribution in [3.63, 3.8) is 0 Å². The molecule has 0 radical (unpaired) electrons. The zero-order chi connectivity index (χ0) is 22.9. The number of carbonyl (C=O) groups is 3. The van der Waals surface area contributed by atoms with Gasteiger partial charge in [0.1, 0.15) is 10.6 Å². The number of esters is 2. The van der Waals surface area contributed by atoms with Crippen molar-refractivity contribution in [3.05, 3.63) is 76.1 Å². The maximum atomic E-state index is 12.6. The van der Waals surface area contributed by atoms with Gasteiger partial charge in [0, 0.05) is 22.4 Å². The molecule has 1 N–H and O–H groups in total. The fraction of sp³-hybridized carbons (Fsp3) is 0.208. The highest BCUT2D eigenvalue weighted by atomic mass is 35.5. The number of aryl methyl sites for hydroxylation is 1. The first kappa shape index (κ1) is 23.5. The van der Waals surface area contributed by atoms with Gasteiger partial charge < -0.3 is 14.8 Å². The van der Waals surface area contributed by atoms with E-state index >= 15 is 0 Å². The second-order valence-corrected chi connectivity index (χ2v) is 8.09. The molecular formula is C24H22ClNO5S. The first-order chi connectivity index (χ1) is 15.5. The van der Waals surface area contributed by atoms with Crippen LogP contribution in [0.5, 0.6) is 0 Å². The lowest BCUT2D eigenvalue weighted by atomic mass is 10.0. The standard InChI is InChI=1S/C24H22ClNO5S/c1-2-30-24(29)22-19(17-9-11-18(25)12-10-17)15-32-23(22)26-20(27)14-31-21(28)13-8-16-6-4-3-5-7-16/h3-7,9-12,15H,2,8,13-14H2,1H3,(H,26,27). The Morgan fingerprint density at radius 1 is 1.00 bits per heavy atom. The lowest BCUT2D eigenvalue weighted by Gasteiger charge is -2.09. The smallest absolute Gasteiger partial charge is 0.341 e. The molecule has 1 heterocycles. The number of hydrogen-bond acceptors (Lipinski definition) is 6. The van der Waals surface area contributed by atoms with Crippen LogP contribution in [-0.4, -0.2) is 31.1 Å². The third kappa shape index (κ3) is 6.42. The normalized spacial score (nSPS) is 10.4. The molecule has 32 heavy (non-hydrogen) atoms. The summed E-state index contributed by atoms with van der Waals surface area (Å²) in [6.45, 7) is 1.46. The van der Waals surface area contributed by atoms with E-state index in [0.29, 0.717) is 22.0 Å². The van der Waals surface area contributed by atoms with Crippen molar-refractivity contribution in [2.75, 3.05) is 18.5 Å². The molecule has 6 nitrogen and oxygen atoms in total. The number of carbonyl (C=O) groups excluding carboxylic acids is 3. The minimum atomic E-state index is -0.547. The van der Waals surface area contributed by atoms with Gasteiger partial charge in [0.25, 0.3) is 5.91 Å². The Hall–Kier alpha value is -3.16. The van der Waals surface area contributed by atoms with Crippen molar-refractivity contribution in [1.82, 2.24) is 0 Å². The van der Waals surface area contributed by atoms with Gasteiger partial charge in [-0.1, -0.05) is 54.1 Å². The molecule has 0 saturated heterocycles. The summed E-state index contributed by atoms with van der Waals surface area (Å²) in [7, 11) is 0. The molecule has 0 bridgehead atoms. The van der Waals surface area contributed by atoms with Gasteiger partial charge in [-0.25, -0.2) is 4.79 Å². The lowest BCUT2D eigenvalue weighted by Crippen LogP contribution is -2.21. The number of ether oxygens (including phenoxy) is 2. The van der Waals surface area contributed by atoms with Gasteiger partial charge in [0.2, 0.25) is 0 Å². The summed E-state index contributed by atoms with van der Waals surface area (Å²) < 4.78 is 10.2. The molecule has 0 aliphatic rings. The molecule has 3 aromatic rings. The Bertz CT molecular complexity index is 1080. The van der Waals surface area contributed by atoms with Crippen LogP contribution >= 0.6 is 22.9 Å². The van der Waals surface area contributed by atoms with Crippen LogP contribution in [-0.2, 0) is 25.5 Å². The van der Waals surface area contributed by atoms with Crippen LogP contribution < -0.4 is 5.32 Å². The zero-order valence-corrected chi connectivity index (χ0v) is 19.0. The molecule has 2 aromatic carbocycles. The van der Waals surface area contributed by atoms with Gasteiger partial charge in [0.15, 0.2) is 6.61 Å². The quantitative estimate of drug-likeness (QED) is 0.425. The lowest BCUT2D eigenvalue weighted by molar-refractivity contribution is -0.147. The summed E-state index contributed by atoms with van der Waals surface area (Å²) in [4.78, 5) is 36.9. The van der Waals surface area contributed by atoms with E-state index in [0.717, 1.165) is 11.1 Å². The summed E-state index contributed by atoms with van der Waals surface area (Å²) in [5.74, 6) is -1.55. The summed E-state index contributed by atoms with van der Waals surface area (Å²) in [5.41, 5.74) is 2.66. The van der Waals surface area contributed by atoms with Crippen LogP contribution in [0.15, 0.2) is 60.0 Å². The number of benzene rings is 2. The summed E-state index contributed by atoms with van der Waals surface area (Å²) in [6.07, 6.45) is 0.703. The maximum Gasteiger partial charge on any atom is 0.341 e. The van der Waals surface area contributed by atoms with Crippen LogP contribution in [0.25, 0.3) is 11.1 Å². The van der Waals surface area contributed by atoms with Gasteiger partial charge in [-0.2, -0.15) is 0 Å². The molecule has 0 aliphatic carbocycles. The zero-order valence-electron chi connectivity index (χ0n) is 17.4. The van der Waals surface area contributed by atoms with Crippen molar-refractivity contribution < 1.29 is 23.9 Å². The highest BCUT2D eigenvalue weighted by Gasteiger charge is 2.23. The average Bonchev–Trinajstić information content (AvgIpc) is 3.21. The number of halogens is 1. The van der Waals surface area contributed by atoms with Gasteiger partial charge >= 0.3 is 11.9 Å². The molecule has 1 aromatic heterocycles. The maximum absolute atomic E-state index is 12.6. The Labute approximate surface area is 195 Å². The van der Waals surface area contributed by atoms with Crippen LogP contribution in [0.1, 0.15) is 29.3 Å². The highest BCUT2D eigenvalue weighted by molar-refractivity contribution is 7.15. The van der Waals surface area contributed by atoms with E-state index in [1.54, 1.807) is 36.6 Å². The number of rotatable bonds is 9. The van der Waals surface area contributed by atoms with E-state index in [4.69, 9.17) is 21.1 Å². The molecule has 0 saturated carbocycles. The van der Waals surface area contributed by atoms with Crippen molar-refractivity contribution in [1.29, 1.82) is 0 Å². The van der Waals surface area contributed by atoms with Crippen molar-refractivity contribution in [3.8, 4) is 11.1 Å². The first-order valence-corrected chi connectivity index (χ1v) is 11.3. The monoisotopic (exact) mass is 471 g/mol. The van der Waals surface area contributed by atoms with Crippen LogP contribution in [0.4, 0.5) is 5.00 Å². The molecule has 0 aliphatic heterocycles. The average molecular weight is 472 g/mol. The summed E-state index contributed by atoms with van der Waals surface area (Å²) in [6, 6.07) is 16.6. The van der Waals surface area contributed by atoms with Crippen LogP contribution in [0.2, 0.25) is 5.02 Å². The largest absolute Gasteiger partial charge is 0.462 e. The summed E-state index contributed by atoms with van der Waals surface area (Å²) >= 11 is 7.15. The van der Waals surface area contributed by atoms with E-state index < -0.39 is 24.5 Å². The van der Waals surface area contributed by atoms with E-state index in [1.165, 1.54) is 11.3 Å². The molecule has 0 spiro atoms. The second kappa shape index (κ2) is 11.5. The predicted molar refractivity (Wildman–Crippen MR) is 125 cm³/mol. The fourth-order valence-electron chi connectivity index (χ4n) is 2.97. The van der Waals surface area contributed by atoms with Crippen LogP contribution in [0, 0.1) is 0 Å². The minimum Gasteiger partial charge on any atom is -0.462 e. The number of amides is 1. The minimum absolute atomic E-state index is 0.172. The van der Waals surface area contributed by atoms with Crippen molar-refractivity contribution in [2.24, 2.45) is 0 Å². The molecule has 166 valence electrons. The van der Waals surface area contributed by atoms with Crippen molar-refractivity contribution >= 4 is 45.8 Å². The second-order valence-electron chi connectivity index (χ2n) is 6.78. The Morgan fingerprint density at radius 3 is 2.41 bits per heavy atom. The topological polar surface area (TPSA) is 81.7 Å². The number of hydrogen-bond donors (Lipinski definition) is 1. The third-order valence-corrected chi connectivity index (χ3v) is 5.65.